The Hall–Kier alpha value is -2.00. The summed E-state index contributed by atoms with van der Waals surface area (Å²) in [6.07, 6.45) is 1.27. The lowest BCUT2D eigenvalue weighted by atomic mass is 10.2. The Morgan fingerprint density at radius 1 is 1.54 bits per heavy atom. The van der Waals surface area contributed by atoms with Crippen molar-refractivity contribution in [3.05, 3.63) is 33.9 Å². The zero-order chi connectivity index (χ0) is 9.84. The fourth-order valence-corrected chi connectivity index (χ4v) is 0.923. The summed E-state index contributed by atoms with van der Waals surface area (Å²) in [6.45, 7) is 1.72. The molecule has 1 aromatic rings. The van der Waals surface area contributed by atoms with Gasteiger partial charge in [-0.25, -0.2) is 4.79 Å². The summed E-state index contributed by atoms with van der Waals surface area (Å²) in [4.78, 5) is 23.0. The van der Waals surface area contributed by atoms with Gasteiger partial charge in [0, 0.05) is 6.07 Å². The Bertz CT molecular complexity index is 394. The Kier molecular flexibility index (Phi) is 2.52. The van der Waals surface area contributed by atoms with Crippen molar-refractivity contribution in [3.63, 3.8) is 0 Å². The number of carbonyl (C=O) groups excluding carboxylic acids is 1. The number of hydrogen-bond acceptors (Lipinski definition) is 4. The van der Waals surface area contributed by atoms with Crippen LogP contribution in [0.4, 0.5) is 11.4 Å². The van der Waals surface area contributed by atoms with E-state index in [2.05, 4.69) is 4.99 Å². The molecule has 66 valence electrons. The Labute approximate surface area is 73.9 Å². The van der Waals surface area contributed by atoms with Crippen molar-refractivity contribution in [2.75, 3.05) is 0 Å². The van der Waals surface area contributed by atoms with Gasteiger partial charge in [-0.3, -0.25) is 10.1 Å². The lowest BCUT2D eigenvalue weighted by molar-refractivity contribution is -0.384. The molecule has 0 bridgehead atoms. The number of isocyanates is 1. The van der Waals surface area contributed by atoms with Gasteiger partial charge in [-0.1, -0.05) is 6.07 Å². The molecule has 13 heavy (non-hydrogen) atoms. The fraction of sp³-hybridized carbons (Fsp3) is 0.125. The molecule has 0 aromatic heterocycles. The van der Waals surface area contributed by atoms with Crippen LogP contribution in [-0.4, -0.2) is 11.0 Å². The maximum atomic E-state index is 10.5. The van der Waals surface area contributed by atoms with Crippen molar-refractivity contribution >= 4 is 17.5 Å². The molecule has 5 heteroatoms. The first kappa shape index (κ1) is 9.09. The van der Waals surface area contributed by atoms with Crippen molar-refractivity contribution < 1.29 is 9.72 Å². The van der Waals surface area contributed by atoms with E-state index < -0.39 is 4.92 Å². The third-order valence-corrected chi connectivity index (χ3v) is 1.49. The average molecular weight is 178 g/mol. The van der Waals surface area contributed by atoms with E-state index in [-0.39, 0.29) is 11.4 Å². The average Bonchev–Trinajstić information content (AvgIpc) is 2.08. The van der Waals surface area contributed by atoms with Gasteiger partial charge in [0.1, 0.15) is 0 Å². The largest absolute Gasteiger partial charge is 0.296 e. The number of aliphatic imine (C=N–C) groups is 1. The second kappa shape index (κ2) is 3.60. The van der Waals surface area contributed by atoms with Crippen molar-refractivity contribution in [3.8, 4) is 0 Å². The predicted molar refractivity (Wildman–Crippen MR) is 45.6 cm³/mol. The molecule has 1 aromatic carbocycles. The van der Waals surface area contributed by atoms with Gasteiger partial charge in [0.05, 0.1) is 4.92 Å². The summed E-state index contributed by atoms with van der Waals surface area (Å²) < 4.78 is 0. The van der Waals surface area contributed by atoms with Crippen LogP contribution in [0, 0.1) is 17.0 Å². The third-order valence-electron chi connectivity index (χ3n) is 1.49. The molecule has 5 nitrogen and oxygen atoms in total. The molecule has 0 saturated heterocycles. The highest BCUT2D eigenvalue weighted by Gasteiger charge is 2.12. The number of nitrogens with zero attached hydrogens (tertiary/aromatic N) is 2. The molecular formula is C8H6N2O3. The number of benzene rings is 1. The van der Waals surface area contributed by atoms with Gasteiger partial charge in [-0.05, 0) is 18.6 Å². The molecule has 0 aliphatic heterocycles. The van der Waals surface area contributed by atoms with E-state index in [1.807, 2.05) is 0 Å². The minimum Gasteiger partial charge on any atom is -0.258 e. The van der Waals surface area contributed by atoms with Gasteiger partial charge < -0.3 is 0 Å². The number of aryl methyl sites for hydroxylation is 1. The quantitative estimate of drug-likeness (QED) is 0.300. The highest BCUT2D eigenvalue weighted by molar-refractivity contribution is 5.62. The van der Waals surface area contributed by atoms with E-state index in [4.69, 9.17) is 0 Å². The molecule has 0 aliphatic carbocycles. The van der Waals surface area contributed by atoms with Crippen LogP contribution in [0.15, 0.2) is 23.2 Å². The number of nitro benzene ring substituents is 1. The summed E-state index contributed by atoms with van der Waals surface area (Å²) in [7, 11) is 0. The van der Waals surface area contributed by atoms with Gasteiger partial charge in [0.25, 0.3) is 5.69 Å². The third kappa shape index (κ3) is 1.98. The molecule has 1 rings (SSSR count). The van der Waals surface area contributed by atoms with Crippen LogP contribution in [0.1, 0.15) is 5.56 Å². The number of hydrogen-bond donors (Lipinski definition) is 0. The van der Waals surface area contributed by atoms with Crippen LogP contribution in [0.5, 0.6) is 0 Å². The maximum Gasteiger partial charge on any atom is 0.296 e. The summed E-state index contributed by atoms with van der Waals surface area (Å²) in [5, 5.41) is 10.5. The van der Waals surface area contributed by atoms with Gasteiger partial charge >= 0.3 is 0 Å². The fourth-order valence-electron chi connectivity index (χ4n) is 0.923. The van der Waals surface area contributed by atoms with Gasteiger partial charge in [0.15, 0.2) is 5.69 Å². The summed E-state index contributed by atoms with van der Waals surface area (Å²) in [6, 6.07) is 4.41. The van der Waals surface area contributed by atoms with Gasteiger partial charge in [-0.2, -0.15) is 4.99 Å². The molecule has 0 amide bonds. The molecule has 0 spiro atoms. The van der Waals surface area contributed by atoms with Crippen molar-refractivity contribution in [2.45, 2.75) is 6.92 Å². The van der Waals surface area contributed by atoms with Crippen molar-refractivity contribution in [1.82, 2.24) is 0 Å². The first-order valence-corrected chi connectivity index (χ1v) is 3.48. The highest BCUT2D eigenvalue weighted by atomic mass is 16.6. The lowest BCUT2D eigenvalue weighted by Crippen LogP contribution is -1.88. The summed E-state index contributed by atoms with van der Waals surface area (Å²) in [5.74, 6) is 0. The van der Waals surface area contributed by atoms with Gasteiger partial charge in [0.2, 0.25) is 6.08 Å². The molecule has 0 aliphatic rings. The molecule has 0 radical (unpaired) electrons. The normalized spacial score (nSPS) is 9.00. The molecular weight excluding hydrogens is 172 g/mol. The minimum absolute atomic E-state index is 0.0330. The van der Waals surface area contributed by atoms with Crippen LogP contribution in [0.3, 0.4) is 0 Å². The smallest absolute Gasteiger partial charge is 0.258 e. The predicted octanol–water partition coefficient (Wildman–Crippen LogP) is 1.87. The molecule has 0 fully saturated rings. The first-order chi connectivity index (χ1) is 6.15. The number of nitro groups is 1. The Balaban J connectivity index is 3.34. The van der Waals surface area contributed by atoms with E-state index in [9.17, 15) is 14.9 Å². The summed E-state index contributed by atoms with van der Waals surface area (Å²) >= 11 is 0. The summed E-state index contributed by atoms with van der Waals surface area (Å²) in [5.41, 5.74) is 0.602. The molecule has 0 N–H and O–H groups in total. The van der Waals surface area contributed by atoms with E-state index in [0.29, 0.717) is 0 Å². The zero-order valence-electron chi connectivity index (χ0n) is 6.85. The van der Waals surface area contributed by atoms with Crippen LogP contribution in [0.2, 0.25) is 0 Å². The molecule has 0 heterocycles. The maximum absolute atomic E-state index is 10.5. The monoisotopic (exact) mass is 178 g/mol. The Morgan fingerprint density at radius 2 is 2.23 bits per heavy atom. The van der Waals surface area contributed by atoms with Crippen LogP contribution < -0.4 is 0 Å². The lowest BCUT2D eigenvalue weighted by Gasteiger charge is -1.95. The standard InChI is InChI=1S/C8H6N2O3/c1-6-2-3-7(9-5-11)8(4-6)10(12)13/h2-4H,1H3. The van der Waals surface area contributed by atoms with Crippen molar-refractivity contribution in [2.24, 2.45) is 4.99 Å². The number of rotatable bonds is 2. The minimum atomic E-state index is -0.580. The SMILES string of the molecule is Cc1ccc(N=C=O)c([N+](=O)[O-])c1. The van der Waals surface area contributed by atoms with Gasteiger partial charge in [-0.15, -0.1) is 0 Å². The van der Waals surface area contributed by atoms with E-state index in [1.165, 1.54) is 18.2 Å². The van der Waals surface area contributed by atoms with Crippen LogP contribution >= 0.6 is 0 Å². The van der Waals surface area contributed by atoms with Crippen LogP contribution in [0.25, 0.3) is 0 Å². The zero-order valence-corrected chi connectivity index (χ0v) is 6.85. The molecule has 0 saturated carbocycles. The second-order valence-electron chi connectivity index (χ2n) is 2.45. The molecule has 0 unspecified atom stereocenters. The van der Waals surface area contributed by atoms with E-state index in [1.54, 1.807) is 13.0 Å². The Morgan fingerprint density at radius 3 is 2.77 bits per heavy atom. The topological polar surface area (TPSA) is 72.6 Å². The first-order valence-electron chi connectivity index (χ1n) is 3.48. The molecule has 0 atom stereocenters. The van der Waals surface area contributed by atoms with E-state index >= 15 is 0 Å². The second-order valence-corrected chi connectivity index (χ2v) is 2.45. The highest BCUT2D eigenvalue weighted by Crippen LogP contribution is 2.27. The van der Waals surface area contributed by atoms with Crippen LogP contribution in [-0.2, 0) is 4.79 Å². The van der Waals surface area contributed by atoms with E-state index in [0.717, 1.165) is 5.56 Å². The van der Waals surface area contributed by atoms with Crippen molar-refractivity contribution in [1.29, 1.82) is 0 Å².